The molecule has 1 aromatic rings. The fourth-order valence-electron chi connectivity index (χ4n) is 0.990. The number of rotatable bonds is 3. The Labute approximate surface area is 81.8 Å². The maximum absolute atomic E-state index is 13.2. The molecule has 0 aromatic heterocycles. The SMILES string of the molecule is CSc1ccc(/C=C/CN)cc1F. The molecule has 1 aromatic carbocycles. The van der Waals surface area contributed by atoms with Crippen molar-refractivity contribution in [2.75, 3.05) is 12.8 Å². The Bertz CT molecular complexity index is 310. The summed E-state index contributed by atoms with van der Waals surface area (Å²) in [4.78, 5) is 0.671. The number of hydrogen-bond acceptors (Lipinski definition) is 2. The second-order valence-electron chi connectivity index (χ2n) is 2.53. The smallest absolute Gasteiger partial charge is 0.137 e. The highest BCUT2D eigenvalue weighted by molar-refractivity contribution is 7.98. The lowest BCUT2D eigenvalue weighted by atomic mass is 10.2. The summed E-state index contributed by atoms with van der Waals surface area (Å²) >= 11 is 1.40. The topological polar surface area (TPSA) is 26.0 Å². The zero-order valence-corrected chi connectivity index (χ0v) is 8.27. The van der Waals surface area contributed by atoms with Crippen LogP contribution in [0.2, 0.25) is 0 Å². The van der Waals surface area contributed by atoms with Crippen molar-refractivity contribution in [1.82, 2.24) is 0 Å². The van der Waals surface area contributed by atoms with E-state index in [-0.39, 0.29) is 5.82 Å². The van der Waals surface area contributed by atoms with Gasteiger partial charge in [0.05, 0.1) is 0 Å². The standard InChI is InChI=1S/C10H12FNS/c1-13-10-5-4-8(3-2-6-12)7-9(10)11/h2-5,7H,6,12H2,1H3/b3-2+. The summed E-state index contributed by atoms with van der Waals surface area (Å²) in [6.45, 7) is 0.478. The third-order valence-corrected chi connectivity index (χ3v) is 2.39. The van der Waals surface area contributed by atoms with Crippen molar-refractivity contribution in [3.8, 4) is 0 Å². The Balaban J connectivity index is 2.89. The average molecular weight is 197 g/mol. The Hall–Kier alpha value is -0.800. The van der Waals surface area contributed by atoms with Gasteiger partial charge in [-0.25, -0.2) is 4.39 Å². The molecular weight excluding hydrogens is 185 g/mol. The normalized spacial score (nSPS) is 11.0. The predicted octanol–water partition coefficient (Wildman–Crippen LogP) is 2.52. The molecule has 0 amide bonds. The lowest BCUT2D eigenvalue weighted by Gasteiger charge is -1.99. The third-order valence-electron chi connectivity index (χ3n) is 1.62. The molecule has 2 N–H and O–H groups in total. The van der Waals surface area contributed by atoms with Gasteiger partial charge in [-0.15, -0.1) is 11.8 Å². The second-order valence-corrected chi connectivity index (χ2v) is 3.38. The molecule has 1 rings (SSSR count). The molecule has 0 aliphatic heterocycles. The van der Waals surface area contributed by atoms with E-state index in [0.29, 0.717) is 11.4 Å². The summed E-state index contributed by atoms with van der Waals surface area (Å²) in [7, 11) is 0. The van der Waals surface area contributed by atoms with Crippen LogP contribution < -0.4 is 5.73 Å². The summed E-state index contributed by atoms with van der Waals surface area (Å²) in [6.07, 6.45) is 5.47. The van der Waals surface area contributed by atoms with Gasteiger partial charge < -0.3 is 5.73 Å². The molecule has 0 fully saturated rings. The molecule has 0 bridgehead atoms. The van der Waals surface area contributed by atoms with Crippen LogP contribution in [-0.4, -0.2) is 12.8 Å². The lowest BCUT2D eigenvalue weighted by molar-refractivity contribution is 0.602. The zero-order chi connectivity index (χ0) is 9.68. The van der Waals surface area contributed by atoms with Crippen LogP contribution in [-0.2, 0) is 0 Å². The van der Waals surface area contributed by atoms with Crippen molar-refractivity contribution in [2.24, 2.45) is 5.73 Å². The first kappa shape index (κ1) is 10.3. The van der Waals surface area contributed by atoms with Crippen LogP contribution >= 0.6 is 11.8 Å². The maximum atomic E-state index is 13.2. The minimum absolute atomic E-state index is 0.174. The Morgan fingerprint density at radius 1 is 1.54 bits per heavy atom. The fourth-order valence-corrected chi connectivity index (χ4v) is 1.45. The van der Waals surface area contributed by atoms with Crippen molar-refractivity contribution < 1.29 is 4.39 Å². The predicted molar refractivity (Wildman–Crippen MR) is 56.3 cm³/mol. The summed E-state index contributed by atoms with van der Waals surface area (Å²) in [5.74, 6) is -0.174. The van der Waals surface area contributed by atoms with Gasteiger partial charge in [-0.1, -0.05) is 18.2 Å². The lowest BCUT2D eigenvalue weighted by Crippen LogP contribution is -1.92. The molecule has 0 aliphatic rings. The summed E-state index contributed by atoms with van der Waals surface area (Å²) < 4.78 is 13.2. The zero-order valence-electron chi connectivity index (χ0n) is 7.46. The molecule has 3 heteroatoms. The molecule has 0 atom stereocenters. The highest BCUT2D eigenvalue weighted by atomic mass is 32.2. The summed E-state index contributed by atoms with van der Waals surface area (Å²) in [6, 6.07) is 5.16. The van der Waals surface area contributed by atoms with Gasteiger partial charge in [-0.05, 0) is 24.0 Å². The summed E-state index contributed by atoms with van der Waals surface area (Å²) in [5, 5.41) is 0. The van der Waals surface area contributed by atoms with Crippen LogP contribution in [0, 0.1) is 5.82 Å². The number of halogens is 1. The van der Waals surface area contributed by atoms with Crippen molar-refractivity contribution >= 4 is 17.8 Å². The Morgan fingerprint density at radius 2 is 2.31 bits per heavy atom. The molecule has 70 valence electrons. The first-order valence-electron chi connectivity index (χ1n) is 3.98. The Morgan fingerprint density at radius 3 is 2.85 bits per heavy atom. The molecule has 0 spiro atoms. The van der Waals surface area contributed by atoms with Gasteiger partial charge in [0.2, 0.25) is 0 Å². The molecule has 0 heterocycles. The van der Waals surface area contributed by atoms with E-state index in [4.69, 9.17) is 5.73 Å². The van der Waals surface area contributed by atoms with E-state index in [1.54, 1.807) is 12.1 Å². The molecule has 1 nitrogen and oxygen atoms in total. The van der Waals surface area contributed by atoms with Gasteiger partial charge in [0.15, 0.2) is 0 Å². The second kappa shape index (κ2) is 5.04. The van der Waals surface area contributed by atoms with E-state index in [1.807, 2.05) is 18.4 Å². The number of hydrogen-bond donors (Lipinski definition) is 1. The Kier molecular flexibility index (Phi) is 3.99. The van der Waals surface area contributed by atoms with E-state index >= 15 is 0 Å². The van der Waals surface area contributed by atoms with Gasteiger partial charge in [0.1, 0.15) is 5.82 Å². The van der Waals surface area contributed by atoms with Crippen molar-refractivity contribution in [3.05, 3.63) is 35.7 Å². The molecule has 0 aliphatic carbocycles. The van der Waals surface area contributed by atoms with Crippen molar-refractivity contribution in [1.29, 1.82) is 0 Å². The highest BCUT2D eigenvalue weighted by Gasteiger charge is 1.99. The number of nitrogens with two attached hydrogens (primary N) is 1. The van der Waals surface area contributed by atoms with Gasteiger partial charge in [0.25, 0.3) is 0 Å². The average Bonchev–Trinajstić information content (AvgIpc) is 2.15. The monoisotopic (exact) mass is 197 g/mol. The summed E-state index contributed by atoms with van der Waals surface area (Å²) in [5.41, 5.74) is 6.13. The molecule has 0 saturated carbocycles. The molecule has 13 heavy (non-hydrogen) atoms. The van der Waals surface area contributed by atoms with Gasteiger partial charge in [-0.3, -0.25) is 0 Å². The fraction of sp³-hybridized carbons (Fsp3) is 0.200. The number of benzene rings is 1. The van der Waals surface area contributed by atoms with Gasteiger partial charge in [-0.2, -0.15) is 0 Å². The van der Waals surface area contributed by atoms with Crippen LogP contribution in [0.5, 0.6) is 0 Å². The molecule has 0 saturated heterocycles. The van der Waals surface area contributed by atoms with E-state index in [1.165, 1.54) is 17.8 Å². The maximum Gasteiger partial charge on any atom is 0.137 e. The van der Waals surface area contributed by atoms with Crippen LogP contribution in [0.15, 0.2) is 29.2 Å². The first-order chi connectivity index (χ1) is 6.27. The van der Waals surface area contributed by atoms with Crippen LogP contribution in [0.1, 0.15) is 5.56 Å². The van der Waals surface area contributed by atoms with Crippen molar-refractivity contribution in [3.63, 3.8) is 0 Å². The number of thioether (sulfide) groups is 1. The third kappa shape index (κ3) is 2.86. The molecule has 0 radical (unpaired) electrons. The van der Waals surface area contributed by atoms with E-state index in [9.17, 15) is 4.39 Å². The van der Waals surface area contributed by atoms with Crippen molar-refractivity contribution in [2.45, 2.75) is 4.90 Å². The van der Waals surface area contributed by atoms with Crippen LogP contribution in [0.4, 0.5) is 4.39 Å². The first-order valence-corrected chi connectivity index (χ1v) is 5.20. The minimum Gasteiger partial charge on any atom is -0.327 e. The van der Waals surface area contributed by atoms with Gasteiger partial charge in [0, 0.05) is 11.4 Å². The van der Waals surface area contributed by atoms with E-state index in [0.717, 1.165) is 5.56 Å². The molecular formula is C10H12FNS. The quantitative estimate of drug-likeness (QED) is 0.753. The van der Waals surface area contributed by atoms with Crippen LogP contribution in [0.3, 0.4) is 0 Å². The molecule has 0 unspecified atom stereocenters. The highest BCUT2D eigenvalue weighted by Crippen LogP contribution is 2.20. The van der Waals surface area contributed by atoms with Crippen LogP contribution in [0.25, 0.3) is 6.08 Å². The largest absolute Gasteiger partial charge is 0.327 e. The minimum atomic E-state index is -0.174. The van der Waals surface area contributed by atoms with E-state index < -0.39 is 0 Å². The van der Waals surface area contributed by atoms with Gasteiger partial charge >= 0.3 is 0 Å². The van der Waals surface area contributed by atoms with E-state index in [2.05, 4.69) is 0 Å².